The Kier molecular flexibility index (Phi) is 10.8. The lowest BCUT2D eigenvalue weighted by Gasteiger charge is -2.46. The quantitative estimate of drug-likeness (QED) is 0.102. The van der Waals surface area contributed by atoms with Gasteiger partial charge in [0, 0.05) is 7.11 Å². The van der Waals surface area contributed by atoms with Gasteiger partial charge < -0.3 is 34.4 Å². The Labute approximate surface area is 351 Å². The Morgan fingerprint density at radius 1 is 0.803 bits per heavy atom. The molecule has 0 saturated carbocycles. The van der Waals surface area contributed by atoms with Gasteiger partial charge in [-0.2, -0.15) is 0 Å². The number of nitrogens with one attached hydrogen (secondary N) is 2. The van der Waals surface area contributed by atoms with Crippen LogP contribution in [0.15, 0.2) is 133 Å². The number of rotatable bonds is 12. The van der Waals surface area contributed by atoms with E-state index in [0.717, 1.165) is 16.0 Å². The fourth-order valence-electron chi connectivity index (χ4n) is 9.40. The summed E-state index contributed by atoms with van der Waals surface area (Å²) in [6.45, 7) is -0.249. The number of morpholine rings is 1. The number of benzene rings is 5. The van der Waals surface area contributed by atoms with Crippen molar-refractivity contribution in [2.24, 2.45) is 5.92 Å². The molecule has 0 radical (unpaired) electrons. The zero-order chi connectivity index (χ0) is 42.1. The number of nitrogens with zero attached hydrogens (tertiary/aromatic N) is 3. The number of methoxy groups -OCH3 is 1. The number of H-pyrrole nitrogens is 1. The fraction of sp³-hybridized carbons (Fsp3) is 0.255. The number of carbonyl (C=O) groups excluding carboxylic acids is 4. The lowest BCUT2D eigenvalue weighted by Crippen LogP contribution is -2.55. The van der Waals surface area contributed by atoms with Crippen LogP contribution in [0.1, 0.15) is 46.3 Å². The molecule has 6 atom stereocenters. The molecule has 5 aromatic carbocycles. The molecule has 3 aliphatic rings. The Balaban J connectivity index is 1.28. The van der Waals surface area contributed by atoms with Crippen molar-refractivity contribution in [3.63, 3.8) is 0 Å². The molecule has 14 nitrogen and oxygen atoms in total. The van der Waals surface area contributed by atoms with Crippen LogP contribution < -0.4 is 15.0 Å². The minimum atomic E-state index is -1.93. The van der Waals surface area contributed by atoms with Crippen molar-refractivity contribution in [3.05, 3.63) is 162 Å². The third-order valence-corrected chi connectivity index (χ3v) is 11.8. The molecule has 1 aromatic heterocycles. The van der Waals surface area contributed by atoms with Gasteiger partial charge in [-0.3, -0.25) is 19.3 Å². The SMILES string of the molecule is COCCOC(=O)N1C(=O)[C@@]2(c3ccccc31)[C@H](C(=O)NCc1nc3ccccc3[nH]1)[C@H]1C(=O)O[C@H](c3ccccc3)[C@H](c3ccccc3)N1[C@@H]2c1ccc(OCCO)cc1. The highest BCUT2D eigenvalue weighted by Crippen LogP contribution is 2.65. The van der Waals surface area contributed by atoms with E-state index in [1.54, 1.807) is 48.5 Å². The van der Waals surface area contributed by atoms with Gasteiger partial charge in [0.25, 0.3) is 0 Å². The van der Waals surface area contributed by atoms with Crippen LogP contribution in [-0.4, -0.2) is 83.4 Å². The van der Waals surface area contributed by atoms with Gasteiger partial charge in [-0.1, -0.05) is 103 Å². The minimum absolute atomic E-state index is 0.0566. The number of anilines is 1. The summed E-state index contributed by atoms with van der Waals surface area (Å²) < 4.78 is 23.0. The van der Waals surface area contributed by atoms with Crippen LogP contribution in [0.5, 0.6) is 5.75 Å². The van der Waals surface area contributed by atoms with E-state index in [1.165, 1.54) is 7.11 Å². The molecule has 61 heavy (non-hydrogen) atoms. The fourth-order valence-corrected chi connectivity index (χ4v) is 9.40. The standard InChI is InChI=1S/C47H43N5O9/c1-58-26-27-60-46(57)51-36-19-11-8-16-33(36)47(45(51)56)38(43(54)48-28-37-49-34-17-9-10-18-35(34)50-37)40-44(55)61-41(30-14-6-3-7-15-30)39(29-12-4-2-5-13-29)52(40)42(47)31-20-22-32(23-21-31)59-25-24-53/h2-23,38-42,53H,24-28H2,1H3,(H,48,54)(H,49,50)/t38-,39-,40-,41+,42+,47-/m0/s1. The number of amides is 3. The maximum absolute atomic E-state index is 16.0. The summed E-state index contributed by atoms with van der Waals surface area (Å²) in [5, 5.41) is 12.5. The molecule has 0 bridgehead atoms. The van der Waals surface area contributed by atoms with Gasteiger partial charge in [-0.05, 0) is 52.6 Å². The molecule has 2 saturated heterocycles. The smallest absolute Gasteiger partial charge is 0.421 e. The van der Waals surface area contributed by atoms with E-state index in [-0.39, 0.29) is 38.7 Å². The molecular formula is C47H43N5O9. The van der Waals surface area contributed by atoms with Crippen molar-refractivity contribution in [3.8, 4) is 5.75 Å². The highest BCUT2D eigenvalue weighted by Gasteiger charge is 2.75. The molecule has 0 unspecified atom stereocenters. The third kappa shape index (κ3) is 6.78. The summed E-state index contributed by atoms with van der Waals surface area (Å²) in [6, 6.07) is 37.1. The van der Waals surface area contributed by atoms with Gasteiger partial charge in [0.1, 0.15) is 42.3 Å². The molecule has 3 aliphatic heterocycles. The van der Waals surface area contributed by atoms with Crippen LogP contribution in [0.2, 0.25) is 0 Å². The van der Waals surface area contributed by atoms with Crippen molar-refractivity contribution < 1.29 is 43.2 Å². The first-order valence-electron chi connectivity index (χ1n) is 20.1. The summed E-state index contributed by atoms with van der Waals surface area (Å²) in [7, 11) is 1.47. The lowest BCUT2D eigenvalue weighted by atomic mass is 9.65. The van der Waals surface area contributed by atoms with Gasteiger partial charge in [0.15, 0.2) is 0 Å². The first-order chi connectivity index (χ1) is 29.9. The number of esters is 1. The number of aromatic amines is 1. The second-order valence-corrected chi connectivity index (χ2v) is 15.1. The van der Waals surface area contributed by atoms with Crippen molar-refractivity contribution in [2.45, 2.75) is 36.2 Å². The first kappa shape index (κ1) is 39.6. The van der Waals surface area contributed by atoms with Crippen molar-refractivity contribution in [1.29, 1.82) is 0 Å². The second-order valence-electron chi connectivity index (χ2n) is 15.1. The molecule has 3 amide bonds. The van der Waals surface area contributed by atoms with E-state index in [4.69, 9.17) is 18.9 Å². The highest BCUT2D eigenvalue weighted by molar-refractivity contribution is 6.23. The van der Waals surface area contributed by atoms with Crippen LogP contribution in [-0.2, 0) is 40.6 Å². The number of hydrogen-bond acceptors (Lipinski definition) is 11. The van der Waals surface area contributed by atoms with Crippen molar-refractivity contribution in [1.82, 2.24) is 20.2 Å². The van der Waals surface area contributed by atoms with Crippen molar-refractivity contribution >= 4 is 40.6 Å². The van der Waals surface area contributed by atoms with Crippen LogP contribution >= 0.6 is 0 Å². The Bertz CT molecular complexity index is 2540. The van der Waals surface area contributed by atoms with Gasteiger partial charge in [-0.25, -0.2) is 14.7 Å². The molecule has 9 rings (SSSR count). The Hall–Kier alpha value is -6.87. The van der Waals surface area contributed by atoms with E-state index >= 15 is 14.4 Å². The van der Waals surface area contributed by atoms with Crippen LogP contribution in [0, 0.1) is 5.92 Å². The summed E-state index contributed by atoms with van der Waals surface area (Å²) in [6.07, 6.45) is -1.83. The van der Waals surface area contributed by atoms with Gasteiger partial charge in [0.2, 0.25) is 11.8 Å². The predicted octanol–water partition coefficient (Wildman–Crippen LogP) is 5.70. The molecule has 310 valence electrons. The van der Waals surface area contributed by atoms with E-state index in [1.807, 2.05) is 89.8 Å². The number of imide groups is 1. The lowest BCUT2D eigenvalue weighted by molar-refractivity contribution is -0.178. The topological polar surface area (TPSA) is 173 Å². The average molecular weight is 822 g/mol. The number of imidazole rings is 1. The van der Waals surface area contributed by atoms with Crippen LogP contribution in [0.25, 0.3) is 11.0 Å². The predicted molar refractivity (Wildman–Crippen MR) is 222 cm³/mol. The maximum Gasteiger partial charge on any atom is 0.421 e. The number of ether oxygens (including phenoxy) is 4. The van der Waals surface area contributed by atoms with E-state index < -0.39 is 59.4 Å². The summed E-state index contributed by atoms with van der Waals surface area (Å²) in [5.41, 5.74) is 2.19. The zero-order valence-corrected chi connectivity index (χ0v) is 33.2. The number of fused-ring (bicyclic) bond motifs is 4. The summed E-state index contributed by atoms with van der Waals surface area (Å²) in [4.78, 5) is 71.5. The molecule has 6 aromatic rings. The largest absolute Gasteiger partial charge is 0.491 e. The molecule has 4 heterocycles. The van der Waals surface area contributed by atoms with Crippen molar-refractivity contribution in [2.75, 3.05) is 38.4 Å². The van der Waals surface area contributed by atoms with Gasteiger partial charge in [0.05, 0.1) is 54.5 Å². The molecule has 0 aliphatic carbocycles. The molecule has 1 spiro atoms. The first-order valence-corrected chi connectivity index (χ1v) is 20.1. The number of para-hydroxylation sites is 3. The van der Waals surface area contributed by atoms with E-state index in [2.05, 4.69) is 15.3 Å². The number of aromatic nitrogens is 2. The normalized spacial score (nSPS) is 23.1. The van der Waals surface area contributed by atoms with Gasteiger partial charge >= 0.3 is 12.1 Å². The molecule has 3 N–H and O–H groups in total. The van der Waals surface area contributed by atoms with Crippen LogP contribution in [0.3, 0.4) is 0 Å². The summed E-state index contributed by atoms with van der Waals surface area (Å²) >= 11 is 0. The maximum atomic E-state index is 16.0. The number of aliphatic hydroxyl groups excluding tert-OH is 1. The van der Waals surface area contributed by atoms with E-state index in [9.17, 15) is 9.90 Å². The monoisotopic (exact) mass is 821 g/mol. The number of cyclic esters (lactones) is 1. The van der Waals surface area contributed by atoms with Crippen LogP contribution in [0.4, 0.5) is 10.5 Å². The zero-order valence-electron chi connectivity index (χ0n) is 33.2. The second kappa shape index (κ2) is 16.6. The number of hydrogen-bond donors (Lipinski definition) is 3. The molecule has 2 fully saturated rings. The molecule has 14 heteroatoms. The van der Waals surface area contributed by atoms with Gasteiger partial charge in [-0.15, -0.1) is 0 Å². The molecular weight excluding hydrogens is 779 g/mol. The minimum Gasteiger partial charge on any atom is -0.491 e. The van der Waals surface area contributed by atoms with E-state index in [0.29, 0.717) is 33.8 Å². The number of aliphatic hydroxyl groups is 1. The third-order valence-electron chi connectivity index (χ3n) is 11.8. The Morgan fingerprint density at radius 3 is 2.21 bits per heavy atom. The highest BCUT2D eigenvalue weighted by atomic mass is 16.6. The number of carbonyl (C=O) groups is 4. The Morgan fingerprint density at radius 2 is 1.49 bits per heavy atom. The average Bonchev–Trinajstić information content (AvgIpc) is 3.94. The summed E-state index contributed by atoms with van der Waals surface area (Å²) in [5.74, 6) is -2.61.